The maximum Gasteiger partial charge on any atom is 0.186 e. The Morgan fingerprint density at radius 1 is 1.19 bits per heavy atom. The van der Waals surface area contributed by atoms with E-state index in [2.05, 4.69) is 25.0 Å². The average molecular weight is 287 g/mol. The second-order valence-corrected chi connectivity index (χ2v) is 4.83. The largest absolute Gasteiger partial charge is 0.394 e. The minimum Gasteiger partial charge on any atom is -0.394 e. The van der Waals surface area contributed by atoms with Crippen molar-refractivity contribution in [1.29, 1.82) is 0 Å². The molecule has 2 unspecified atom stereocenters. The van der Waals surface area contributed by atoms with Gasteiger partial charge in [0, 0.05) is 0 Å². The van der Waals surface area contributed by atoms with E-state index in [0.29, 0.717) is 17.0 Å². The third kappa shape index (κ3) is 1.98. The lowest BCUT2D eigenvalue weighted by molar-refractivity contribution is -0.0207. The number of fused-ring (bicyclic) bond motifs is 1. The minimum absolute atomic E-state index is 0.0301. The van der Waals surface area contributed by atoms with Gasteiger partial charge in [-0.15, -0.1) is 0 Å². The van der Waals surface area contributed by atoms with Crippen LogP contribution in [0.1, 0.15) is 19.1 Å². The summed E-state index contributed by atoms with van der Waals surface area (Å²) in [6.07, 6.45) is 7.52. The molecular weight excluding hydrogens is 274 g/mol. The van der Waals surface area contributed by atoms with E-state index in [1.54, 1.807) is 17.3 Å². The number of hydrogen-bond acceptors (Lipinski definition) is 7. The smallest absolute Gasteiger partial charge is 0.186 e. The molecule has 0 amide bonds. The lowest BCUT2D eigenvalue weighted by Gasteiger charge is -2.13. The fourth-order valence-electron chi connectivity index (χ4n) is 2.56. The summed E-state index contributed by atoms with van der Waals surface area (Å²) in [5, 5.41) is 13.2. The Kier molecular flexibility index (Phi) is 2.86. The molecule has 1 fully saturated rings. The molecule has 1 saturated heterocycles. The summed E-state index contributed by atoms with van der Waals surface area (Å²) in [5.41, 5.74) is 1.32. The van der Waals surface area contributed by atoms with E-state index < -0.39 is 0 Å². The van der Waals surface area contributed by atoms with E-state index >= 15 is 0 Å². The zero-order valence-electron chi connectivity index (χ0n) is 11.1. The zero-order valence-corrected chi connectivity index (χ0v) is 11.1. The molecule has 9 nitrogen and oxygen atoms in total. The van der Waals surface area contributed by atoms with Gasteiger partial charge in [0.25, 0.3) is 0 Å². The number of rotatable bonds is 3. The van der Waals surface area contributed by atoms with Crippen LogP contribution >= 0.6 is 0 Å². The van der Waals surface area contributed by atoms with Crippen molar-refractivity contribution in [3.8, 4) is 5.82 Å². The van der Waals surface area contributed by atoms with E-state index in [1.165, 1.54) is 12.7 Å². The van der Waals surface area contributed by atoms with Crippen LogP contribution in [0, 0.1) is 0 Å². The average Bonchev–Trinajstić information content (AvgIpc) is 3.25. The van der Waals surface area contributed by atoms with Crippen molar-refractivity contribution in [2.45, 2.75) is 25.2 Å². The zero-order chi connectivity index (χ0) is 14.2. The second kappa shape index (κ2) is 4.86. The molecular formula is C12H13N7O2. The van der Waals surface area contributed by atoms with E-state index in [9.17, 15) is 0 Å². The molecule has 4 rings (SSSR count). The highest BCUT2D eigenvalue weighted by atomic mass is 16.5. The highest BCUT2D eigenvalue weighted by Gasteiger charge is 2.27. The summed E-state index contributed by atoms with van der Waals surface area (Å²) in [5.74, 6) is 0.577. The van der Waals surface area contributed by atoms with Crippen LogP contribution in [0.15, 0.2) is 25.3 Å². The van der Waals surface area contributed by atoms with Crippen molar-refractivity contribution in [2.24, 2.45) is 0 Å². The number of hydrogen-bond donors (Lipinski definition) is 1. The monoisotopic (exact) mass is 287 g/mol. The Balaban J connectivity index is 1.78. The van der Waals surface area contributed by atoms with Gasteiger partial charge in [-0.1, -0.05) is 0 Å². The molecule has 108 valence electrons. The van der Waals surface area contributed by atoms with Gasteiger partial charge in [-0.2, -0.15) is 5.10 Å². The molecule has 0 aromatic carbocycles. The van der Waals surface area contributed by atoms with Gasteiger partial charge in [0.05, 0.1) is 19.0 Å². The van der Waals surface area contributed by atoms with Crippen molar-refractivity contribution in [1.82, 2.24) is 34.3 Å². The van der Waals surface area contributed by atoms with Crippen LogP contribution in [-0.2, 0) is 4.74 Å². The van der Waals surface area contributed by atoms with E-state index in [0.717, 1.165) is 12.8 Å². The van der Waals surface area contributed by atoms with Gasteiger partial charge in [-0.25, -0.2) is 24.6 Å². The molecule has 0 radical (unpaired) electrons. The molecule has 0 bridgehead atoms. The normalized spacial score (nSPS) is 22.1. The van der Waals surface area contributed by atoms with E-state index in [4.69, 9.17) is 9.84 Å². The van der Waals surface area contributed by atoms with Gasteiger partial charge in [0.2, 0.25) is 0 Å². The molecule has 9 heteroatoms. The predicted octanol–water partition coefficient (Wildman–Crippen LogP) is 0.0769. The number of aliphatic hydroxyl groups excluding tert-OH is 1. The molecule has 1 aliphatic heterocycles. The van der Waals surface area contributed by atoms with Crippen molar-refractivity contribution in [3.63, 3.8) is 0 Å². The van der Waals surface area contributed by atoms with Crippen LogP contribution in [0.4, 0.5) is 0 Å². The van der Waals surface area contributed by atoms with E-state index in [-0.39, 0.29) is 18.9 Å². The molecule has 1 aliphatic rings. The number of imidazole rings is 1. The highest BCUT2D eigenvalue weighted by molar-refractivity contribution is 5.78. The molecule has 1 N–H and O–H groups in total. The fraction of sp³-hybridized carbons (Fsp3) is 0.417. The summed E-state index contributed by atoms with van der Waals surface area (Å²) < 4.78 is 9.19. The lowest BCUT2D eigenvalue weighted by atomic mass is 10.2. The maximum absolute atomic E-state index is 9.17. The predicted molar refractivity (Wildman–Crippen MR) is 70.5 cm³/mol. The summed E-state index contributed by atoms with van der Waals surface area (Å²) in [6, 6.07) is 0. The molecule has 3 aromatic heterocycles. The third-order valence-electron chi connectivity index (χ3n) is 3.57. The van der Waals surface area contributed by atoms with Crippen molar-refractivity contribution in [3.05, 3.63) is 25.3 Å². The summed E-state index contributed by atoms with van der Waals surface area (Å²) >= 11 is 0. The van der Waals surface area contributed by atoms with Gasteiger partial charge in [-0.3, -0.25) is 4.57 Å². The standard InChI is InChI=1S/C12H13N7O2/c20-3-8-1-2-9(21-8)18-7-16-10-11(18)14-5-15-12(10)19-6-13-4-17-19/h4-9,20H,1-3H2. The van der Waals surface area contributed by atoms with Gasteiger partial charge >= 0.3 is 0 Å². The first kappa shape index (κ1) is 12.4. The molecule has 3 aromatic rings. The number of ether oxygens (including phenoxy) is 1. The molecule has 0 spiro atoms. The van der Waals surface area contributed by atoms with Crippen molar-refractivity contribution >= 4 is 11.2 Å². The third-order valence-corrected chi connectivity index (χ3v) is 3.57. The first-order valence-electron chi connectivity index (χ1n) is 6.65. The van der Waals surface area contributed by atoms with Gasteiger partial charge in [0.1, 0.15) is 25.2 Å². The number of nitrogens with zero attached hydrogens (tertiary/aromatic N) is 7. The summed E-state index contributed by atoms with van der Waals surface area (Å²) in [4.78, 5) is 16.8. The minimum atomic E-state index is -0.161. The van der Waals surface area contributed by atoms with Crippen molar-refractivity contribution < 1.29 is 9.84 Å². The quantitative estimate of drug-likeness (QED) is 0.727. The highest BCUT2D eigenvalue weighted by Crippen LogP contribution is 2.30. The molecule has 0 aliphatic carbocycles. The van der Waals surface area contributed by atoms with Crippen molar-refractivity contribution in [2.75, 3.05) is 6.61 Å². The summed E-state index contributed by atoms with van der Waals surface area (Å²) in [6.45, 7) is 0.0301. The SMILES string of the molecule is OCC1CCC(n2cnc3c(-n4cncn4)ncnc32)O1. The van der Waals surface area contributed by atoms with Crippen LogP contribution in [0.3, 0.4) is 0 Å². The van der Waals surface area contributed by atoms with Gasteiger partial charge < -0.3 is 9.84 Å². The van der Waals surface area contributed by atoms with Crippen LogP contribution < -0.4 is 0 Å². The van der Waals surface area contributed by atoms with Crippen LogP contribution in [0.5, 0.6) is 0 Å². The van der Waals surface area contributed by atoms with E-state index in [1.807, 2.05) is 4.57 Å². The first-order valence-corrected chi connectivity index (χ1v) is 6.65. The Hall–Kier alpha value is -2.39. The Morgan fingerprint density at radius 2 is 2.14 bits per heavy atom. The maximum atomic E-state index is 9.17. The van der Waals surface area contributed by atoms with Crippen LogP contribution in [0.25, 0.3) is 17.0 Å². The first-order chi connectivity index (χ1) is 10.4. The Labute approximate surface area is 119 Å². The number of aromatic nitrogens is 7. The molecule has 4 heterocycles. The van der Waals surface area contributed by atoms with Crippen LogP contribution in [-0.4, -0.2) is 52.1 Å². The Morgan fingerprint density at radius 3 is 2.90 bits per heavy atom. The molecule has 2 atom stereocenters. The van der Waals surface area contributed by atoms with Gasteiger partial charge in [-0.05, 0) is 12.8 Å². The molecule has 21 heavy (non-hydrogen) atoms. The van der Waals surface area contributed by atoms with Crippen LogP contribution in [0.2, 0.25) is 0 Å². The van der Waals surface area contributed by atoms with Gasteiger partial charge in [0.15, 0.2) is 17.0 Å². The Bertz CT molecular complexity index is 754. The summed E-state index contributed by atoms with van der Waals surface area (Å²) in [7, 11) is 0. The molecule has 0 saturated carbocycles. The lowest BCUT2D eigenvalue weighted by Crippen LogP contribution is -2.14. The number of aliphatic hydroxyl groups is 1. The fourth-order valence-corrected chi connectivity index (χ4v) is 2.56. The topological polar surface area (TPSA) is 104 Å². The second-order valence-electron chi connectivity index (χ2n) is 4.83.